The maximum Gasteiger partial charge on any atom is 0.281 e. The second-order valence-corrected chi connectivity index (χ2v) is 3.88. The summed E-state index contributed by atoms with van der Waals surface area (Å²) in [6, 6.07) is 7.02. The van der Waals surface area contributed by atoms with Crippen LogP contribution in [0.2, 0.25) is 0 Å². The third-order valence-electron chi connectivity index (χ3n) is 1.38. The van der Waals surface area contributed by atoms with Crippen molar-refractivity contribution in [3.63, 3.8) is 0 Å². The average molecular weight is 194 g/mol. The van der Waals surface area contributed by atoms with Crippen LogP contribution in [0.15, 0.2) is 18.2 Å². The lowest BCUT2D eigenvalue weighted by Crippen LogP contribution is -2.22. The summed E-state index contributed by atoms with van der Waals surface area (Å²) in [7, 11) is 0. The summed E-state index contributed by atoms with van der Waals surface area (Å²) in [5.41, 5.74) is -0.429. The average Bonchev–Trinajstić information content (AvgIpc) is 2.01. The fraction of sp³-hybridized carbons (Fsp3) is 0.400. The molecule has 4 nitrogen and oxygen atoms in total. The molecule has 0 fully saturated rings. The molecule has 0 aliphatic heterocycles. The van der Waals surface area contributed by atoms with Crippen LogP contribution < -0.4 is 4.74 Å². The highest BCUT2D eigenvalue weighted by Crippen LogP contribution is 2.22. The second kappa shape index (κ2) is 3.65. The number of hydrogen-bond acceptors (Lipinski definition) is 3. The monoisotopic (exact) mass is 194 g/mol. The van der Waals surface area contributed by atoms with Crippen molar-refractivity contribution in [1.29, 1.82) is 0 Å². The van der Waals surface area contributed by atoms with Gasteiger partial charge in [-0.25, -0.2) is 0 Å². The lowest BCUT2D eigenvalue weighted by Gasteiger charge is -2.20. The quantitative estimate of drug-likeness (QED) is 0.537. The first-order valence-corrected chi connectivity index (χ1v) is 4.24. The zero-order valence-electron chi connectivity index (χ0n) is 8.40. The molecule has 0 N–H and O–H groups in total. The van der Waals surface area contributed by atoms with Gasteiger partial charge < -0.3 is 4.74 Å². The molecular weight excluding hydrogens is 182 g/mol. The number of benzene rings is 1. The summed E-state index contributed by atoms with van der Waals surface area (Å²) >= 11 is 0. The number of rotatable bonds is 2. The van der Waals surface area contributed by atoms with Crippen LogP contribution in [0, 0.1) is 16.2 Å². The predicted octanol–water partition coefficient (Wildman–Crippen LogP) is 2.57. The normalized spacial score (nSPS) is 11.1. The van der Waals surface area contributed by atoms with Crippen molar-refractivity contribution in [3.8, 4) is 5.75 Å². The van der Waals surface area contributed by atoms with Crippen LogP contribution in [0.25, 0.3) is 0 Å². The zero-order valence-corrected chi connectivity index (χ0v) is 8.40. The maximum absolute atomic E-state index is 10.4. The van der Waals surface area contributed by atoms with Gasteiger partial charge in [0.05, 0.1) is 17.1 Å². The van der Waals surface area contributed by atoms with Gasteiger partial charge in [-0.05, 0) is 32.9 Å². The number of nitrogens with zero attached hydrogens (tertiary/aromatic N) is 1. The van der Waals surface area contributed by atoms with Gasteiger partial charge in [0.25, 0.3) is 5.69 Å². The molecule has 0 bridgehead atoms. The summed E-state index contributed by atoms with van der Waals surface area (Å²) in [4.78, 5) is 9.95. The standard InChI is InChI=1S/C10H12NO3/c1-10(2,3)14-9-6-4-5-8(7-9)11(12)13/h4,6-7H,1-3H3. The summed E-state index contributed by atoms with van der Waals surface area (Å²) in [6.07, 6.45) is 0. The minimum Gasteiger partial charge on any atom is -0.488 e. The summed E-state index contributed by atoms with van der Waals surface area (Å²) in [5.74, 6) is 0.489. The highest BCUT2D eigenvalue weighted by molar-refractivity contribution is 5.37. The van der Waals surface area contributed by atoms with E-state index in [0.717, 1.165) is 0 Å². The van der Waals surface area contributed by atoms with Gasteiger partial charge in [-0.15, -0.1) is 0 Å². The third kappa shape index (κ3) is 3.05. The minimum atomic E-state index is -0.491. The Labute approximate surface area is 82.7 Å². The zero-order chi connectivity index (χ0) is 10.8. The van der Waals surface area contributed by atoms with E-state index in [0.29, 0.717) is 5.75 Å². The molecule has 0 heterocycles. The Morgan fingerprint density at radius 3 is 2.64 bits per heavy atom. The molecule has 1 aromatic rings. The van der Waals surface area contributed by atoms with E-state index in [-0.39, 0.29) is 11.3 Å². The van der Waals surface area contributed by atoms with E-state index in [2.05, 4.69) is 6.07 Å². The molecule has 0 saturated carbocycles. The fourth-order valence-corrected chi connectivity index (χ4v) is 0.956. The number of nitro benzene ring substituents is 1. The molecule has 0 aromatic heterocycles. The number of nitro groups is 1. The van der Waals surface area contributed by atoms with E-state index in [1.54, 1.807) is 6.07 Å². The van der Waals surface area contributed by atoms with E-state index in [9.17, 15) is 10.1 Å². The highest BCUT2D eigenvalue weighted by atomic mass is 16.6. The Morgan fingerprint density at radius 2 is 2.14 bits per heavy atom. The molecule has 75 valence electrons. The van der Waals surface area contributed by atoms with E-state index in [1.807, 2.05) is 20.8 Å². The van der Waals surface area contributed by atoms with Gasteiger partial charge in [-0.3, -0.25) is 10.1 Å². The minimum absolute atomic E-state index is 0.0771. The first kappa shape index (κ1) is 10.5. The van der Waals surface area contributed by atoms with Gasteiger partial charge >= 0.3 is 0 Å². The summed E-state index contributed by atoms with van der Waals surface area (Å²) in [5, 5.41) is 10.4. The van der Waals surface area contributed by atoms with Gasteiger partial charge in [-0.1, -0.05) is 0 Å². The summed E-state index contributed by atoms with van der Waals surface area (Å²) in [6.45, 7) is 5.65. The van der Waals surface area contributed by atoms with Crippen LogP contribution in [0.5, 0.6) is 5.75 Å². The molecule has 0 amide bonds. The predicted molar refractivity (Wildman–Crippen MR) is 52.3 cm³/mol. The van der Waals surface area contributed by atoms with Crippen molar-refractivity contribution in [2.24, 2.45) is 0 Å². The molecule has 1 radical (unpaired) electrons. The van der Waals surface area contributed by atoms with E-state index in [1.165, 1.54) is 12.1 Å². The van der Waals surface area contributed by atoms with Crippen LogP contribution >= 0.6 is 0 Å². The topological polar surface area (TPSA) is 52.4 Å². The van der Waals surface area contributed by atoms with Crippen molar-refractivity contribution in [2.45, 2.75) is 26.4 Å². The largest absolute Gasteiger partial charge is 0.488 e. The molecule has 4 heteroatoms. The van der Waals surface area contributed by atoms with Crippen molar-refractivity contribution < 1.29 is 9.66 Å². The Morgan fingerprint density at radius 1 is 1.50 bits per heavy atom. The van der Waals surface area contributed by atoms with Crippen LogP contribution in [0.4, 0.5) is 5.69 Å². The van der Waals surface area contributed by atoms with Crippen molar-refractivity contribution >= 4 is 5.69 Å². The van der Waals surface area contributed by atoms with Crippen molar-refractivity contribution in [2.75, 3.05) is 0 Å². The maximum atomic E-state index is 10.4. The Bertz CT molecular complexity index is 341. The molecule has 0 aliphatic carbocycles. The van der Waals surface area contributed by atoms with Crippen LogP contribution in [0.3, 0.4) is 0 Å². The van der Waals surface area contributed by atoms with E-state index >= 15 is 0 Å². The van der Waals surface area contributed by atoms with Gasteiger partial charge in [0.1, 0.15) is 11.4 Å². The van der Waals surface area contributed by atoms with Crippen molar-refractivity contribution in [3.05, 3.63) is 34.4 Å². The van der Waals surface area contributed by atoms with Crippen molar-refractivity contribution in [1.82, 2.24) is 0 Å². The van der Waals surface area contributed by atoms with Crippen LogP contribution in [-0.2, 0) is 0 Å². The molecule has 0 unspecified atom stereocenters. The lowest BCUT2D eigenvalue weighted by atomic mass is 10.2. The van der Waals surface area contributed by atoms with Crippen LogP contribution in [-0.4, -0.2) is 10.5 Å². The fourth-order valence-electron chi connectivity index (χ4n) is 0.956. The lowest BCUT2D eigenvalue weighted by molar-refractivity contribution is -0.385. The summed E-state index contributed by atoms with van der Waals surface area (Å²) < 4.78 is 5.47. The first-order valence-electron chi connectivity index (χ1n) is 4.24. The number of non-ortho nitro benzene ring substituents is 1. The molecule has 0 atom stereocenters. The molecule has 1 rings (SSSR count). The SMILES string of the molecule is CC(C)(C)Oc1cc[c]c([N+](=O)[O-])c1. The van der Waals surface area contributed by atoms with Gasteiger partial charge in [-0.2, -0.15) is 0 Å². The molecule has 0 saturated heterocycles. The Balaban J connectivity index is 2.89. The first-order chi connectivity index (χ1) is 6.38. The Kier molecular flexibility index (Phi) is 2.74. The smallest absolute Gasteiger partial charge is 0.281 e. The molecule has 14 heavy (non-hydrogen) atoms. The van der Waals surface area contributed by atoms with Crippen LogP contribution in [0.1, 0.15) is 20.8 Å². The second-order valence-electron chi connectivity index (χ2n) is 3.88. The number of hydrogen-bond donors (Lipinski definition) is 0. The van der Waals surface area contributed by atoms with E-state index in [4.69, 9.17) is 4.74 Å². The molecule has 0 aliphatic rings. The highest BCUT2D eigenvalue weighted by Gasteiger charge is 2.14. The van der Waals surface area contributed by atoms with Gasteiger partial charge in [0.2, 0.25) is 0 Å². The third-order valence-corrected chi connectivity index (χ3v) is 1.38. The molecule has 1 aromatic carbocycles. The van der Waals surface area contributed by atoms with E-state index < -0.39 is 4.92 Å². The number of ether oxygens (including phenoxy) is 1. The molecule has 0 spiro atoms. The Hall–Kier alpha value is -1.58. The van der Waals surface area contributed by atoms with Gasteiger partial charge in [0.15, 0.2) is 0 Å². The van der Waals surface area contributed by atoms with Gasteiger partial charge in [0, 0.05) is 0 Å². The molecular formula is C10H12NO3.